The number of H-pyrrole nitrogens is 1. The molecule has 1 heterocycles. The Morgan fingerprint density at radius 3 is 3.09 bits per heavy atom. The number of rotatable bonds is 3. The molecular weight excluding hydrogens is 138 g/mol. The summed E-state index contributed by atoms with van der Waals surface area (Å²) in [5.41, 5.74) is 1.03. The highest BCUT2D eigenvalue weighted by atomic mass is 15.1. The number of aliphatic imine (C=N–C) groups is 1. The summed E-state index contributed by atoms with van der Waals surface area (Å²) < 4.78 is 0. The molecule has 0 radical (unpaired) electrons. The molecule has 0 saturated heterocycles. The van der Waals surface area contributed by atoms with Crippen molar-refractivity contribution in [1.29, 1.82) is 0 Å². The van der Waals surface area contributed by atoms with E-state index in [4.69, 9.17) is 0 Å². The van der Waals surface area contributed by atoms with Crippen LogP contribution in [-0.2, 0) is 0 Å². The quantitative estimate of drug-likeness (QED) is 0.653. The fourth-order valence-corrected chi connectivity index (χ4v) is 0.700. The predicted molar refractivity (Wildman–Crippen MR) is 45.9 cm³/mol. The van der Waals surface area contributed by atoms with E-state index in [0.29, 0.717) is 5.92 Å². The SMILES string of the molecule is CC(C)CN=Cc1cn[nH]c1. The fourth-order valence-electron chi connectivity index (χ4n) is 0.700. The molecule has 0 aliphatic carbocycles. The molecule has 1 N–H and O–H groups in total. The molecule has 0 spiro atoms. The molecule has 0 fully saturated rings. The van der Waals surface area contributed by atoms with Crippen LogP contribution in [0.25, 0.3) is 0 Å². The molecule has 11 heavy (non-hydrogen) atoms. The van der Waals surface area contributed by atoms with Crippen molar-refractivity contribution >= 4 is 6.21 Å². The third-order valence-electron chi connectivity index (χ3n) is 1.23. The summed E-state index contributed by atoms with van der Waals surface area (Å²) in [6, 6.07) is 0. The van der Waals surface area contributed by atoms with Crippen molar-refractivity contribution in [2.45, 2.75) is 13.8 Å². The Morgan fingerprint density at radius 2 is 2.55 bits per heavy atom. The monoisotopic (exact) mass is 151 g/mol. The van der Waals surface area contributed by atoms with E-state index in [1.165, 1.54) is 0 Å². The number of nitrogens with one attached hydrogen (secondary N) is 1. The first-order chi connectivity index (χ1) is 5.29. The fraction of sp³-hybridized carbons (Fsp3) is 0.500. The highest BCUT2D eigenvalue weighted by Gasteiger charge is 1.89. The van der Waals surface area contributed by atoms with Crippen LogP contribution in [0.15, 0.2) is 17.4 Å². The van der Waals surface area contributed by atoms with Crippen LogP contribution in [0.3, 0.4) is 0 Å². The lowest BCUT2D eigenvalue weighted by Gasteiger charge is -1.94. The maximum Gasteiger partial charge on any atom is 0.0575 e. The molecule has 0 unspecified atom stereocenters. The third kappa shape index (κ3) is 2.98. The zero-order valence-electron chi connectivity index (χ0n) is 6.91. The Labute approximate surface area is 66.5 Å². The Bertz CT molecular complexity index is 211. The van der Waals surface area contributed by atoms with Crippen LogP contribution in [0, 0.1) is 5.92 Å². The Hall–Kier alpha value is -1.12. The summed E-state index contributed by atoms with van der Waals surface area (Å²) in [7, 11) is 0. The molecule has 0 atom stereocenters. The van der Waals surface area contributed by atoms with Crippen molar-refractivity contribution in [3.63, 3.8) is 0 Å². The molecule has 0 amide bonds. The first kappa shape index (κ1) is 7.98. The molecule has 0 saturated carbocycles. The van der Waals surface area contributed by atoms with Crippen molar-refractivity contribution in [3.05, 3.63) is 18.0 Å². The van der Waals surface area contributed by atoms with Crippen LogP contribution in [-0.4, -0.2) is 23.0 Å². The smallest absolute Gasteiger partial charge is 0.0575 e. The molecule has 0 bridgehead atoms. The minimum absolute atomic E-state index is 0.623. The molecule has 0 aliphatic heterocycles. The average Bonchev–Trinajstić information content (AvgIpc) is 2.39. The normalized spacial score (nSPS) is 11.5. The second-order valence-corrected chi connectivity index (χ2v) is 2.92. The van der Waals surface area contributed by atoms with Gasteiger partial charge in [0.15, 0.2) is 0 Å². The van der Waals surface area contributed by atoms with Crippen molar-refractivity contribution in [2.24, 2.45) is 10.9 Å². The molecule has 1 aromatic rings. The number of aromatic amines is 1. The second kappa shape index (κ2) is 3.91. The van der Waals surface area contributed by atoms with Crippen LogP contribution in [0.2, 0.25) is 0 Å². The summed E-state index contributed by atoms with van der Waals surface area (Å²) >= 11 is 0. The zero-order chi connectivity index (χ0) is 8.10. The molecule has 0 aliphatic rings. The van der Waals surface area contributed by atoms with E-state index in [-0.39, 0.29) is 0 Å². The van der Waals surface area contributed by atoms with Gasteiger partial charge in [0, 0.05) is 24.5 Å². The minimum atomic E-state index is 0.623. The van der Waals surface area contributed by atoms with Crippen LogP contribution in [0.4, 0.5) is 0 Å². The van der Waals surface area contributed by atoms with Crippen molar-refractivity contribution in [3.8, 4) is 0 Å². The Balaban J connectivity index is 2.37. The van der Waals surface area contributed by atoms with E-state index in [1.54, 1.807) is 6.20 Å². The molecule has 60 valence electrons. The highest BCUT2D eigenvalue weighted by Crippen LogP contribution is 1.93. The highest BCUT2D eigenvalue weighted by molar-refractivity contribution is 5.78. The second-order valence-electron chi connectivity index (χ2n) is 2.92. The number of aromatic nitrogens is 2. The van der Waals surface area contributed by atoms with Gasteiger partial charge in [-0.2, -0.15) is 5.10 Å². The lowest BCUT2D eigenvalue weighted by atomic mass is 10.2. The number of hydrogen-bond donors (Lipinski definition) is 1. The summed E-state index contributed by atoms with van der Waals surface area (Å²) in [5.74, 6) is 0.623. The molecule has 1 rings (SSSR count). The van der Waals surface area contributed by atoms with E-state index >= 15 is 0 Å². The molecule has 1 aromatic heterocycles. The lowest BCUT2D eigenvalue weighted by Crippen LogP contribution is -1.91. The summed E-state index contributed by atoms with van der Waals surface area (Å²) in [5, 5.41) is 6.53. The van der Waals surface area contributed by atoms with E-state index in [2.05, 4.69) is 29.0 Å². The predicted octanol–water partition coefficient (Wildman–Crippen LogP) is 1.48. The van der Waals surface area contributed by atoms with Crippen LogP contribution in [0.1, 0.15) is 19.4 Å². The van der Waals surface area contributed by atoms with Crippen molar-refractivity contribution < 1.29 is 0 Å². The Kier molecular flexibility index (Phi) is 2.83. The van der Waals surface area contributed by atoms with E-state index in [0.717, 1.165) is 12.1 Å². The first-order valence-electron chi connectivity index (χ1n) is 3.77. The zero-order valence-corrected chi connectivity index (χ0v) is 6.91. The van der Waals surface area contributed by atoms with Gasteiger partial charge in [0.2, 0.25) is 0 Å². The van der Waals surface area contributed by atoms with Crippen LogP contribution in [0.5, 0.6) is 0 Å². The van der Waals surface area contributed by atoms with Gasteiger partial charge in [-0.1, -0.05) is 13.8 Å². The number of nitrogens with zero attached hydrogens (tertiary/aromatic N) is 2. The van der Waals surface area contributed by atoms with Crippen molar-refractivity contribution in [1.82, 2.24) is 10.2 Å². The van der Waals surface area contributed by atoms with E-state index in [1.807, 2.05) is 12.4 Å². The average molecular weight is 151 g/mol. The summed E-state index contributed by atoms with van der Waals surface area (Å²) in [6.45, 7) is 5.17. The molecule has 3 heteroatoms. The van der Waals surface area contributed by atoms with E-state index < -0.39 is 0 Å². The maximum atomic E-state index is 4.23. The van der Waals surface area contributed by atoms with Gasteiger partial charge in [0.25, 0.3) is 0 Å². The van der Waals surface area contributed by atoms with Crippen molar-refractivity contribution in [2.75, 3.05) is 6.54 Å². The van der Waals surface area contributed by atoms with Crippen LogP contribution >= 0.6 is 0 Å². The van der Waals surface area contributed by atoms with E-state index in [9.17, 15) is 0 Å². The van der Waals surface area contributed by atoms with Gasteiger partial charge in [-0.05, 0) is 5.92 Å². The van der Waals surface area contributed by atoms with Crippen LogP contribution < -0.4 is 0 Å². The number of hydrogen-bond acceptors (Lipinski definition) is 2. The Morgan fingerprint density at radius 1 is 1.73 bits per heavy atom. The summed E-state index contributed by atoms with van der Waals surface area (Å²) in [4.78, 5) is 4.23. The van der Waals surface area contributed by atoms with Gasteiger partial charge in [0.05, 0.1) is 6.20 Å². The van der Waals surface area contributed by atoms with Gasteiger partial charge in [-0.3, -0.25) is 10.1 Å². The summed E-state index contributed by atoms with van der Waals surface area (Å²) in [6.07, 6.45) is 5.41. The largest absolute Gasteiger partial charge is 0.292 e. The standard InChI is InChI=1S/C8H13N3/c1-7(2)3-9-4-8-5-10-11-6-8/h4-7H,3H2,1-2H3,(H,10,11). The van der Waals surface area contributed by atoms with Gasteiger partial charge in [-0.15, -0.1) is 0 Å². The maximum absolute atomic E-state index is 4.23. The minimum Gasteiger partial charge on any atom is -0.292 e. The molecule has 3 nitrogen and oxygen atoms in total. The topological polar surface area (TPSA) is 41.0 Å². The van der Waals surface area contributed by atoms with Gasteiger partial charge in [-0.25, -0.2) is 0 Å². The van der Waals surface area contributed by atoms with Gasteiger partial charge >= 0.3 is 0 Å². The van der Waals surface area contributed by atoms with Gasteiger partial charge in [0.1, 0.15) is 0 Å². The lowest BCUT2D eigenvalue weighted by molar-refractivity contribution is 0.667. The first-order valence-corrected chi connectivity index (χ1v) is 3.77. The van der Waals surface area contributed by atoms with Gasteiger partial charge < -0.3 is 0 Å². The molecule has 0 aromatic carbocycles. The molecular formula is C8H13N3. The third-order valence-corrected chi connectivity index (χ3v) is 1.23.